The minimum absolute atomic E-state index is 0.0433. The van der Waals surface area contributed by atoms with Crippen molar-refractivity contribution in [2.75, 3.05) is 24.7 Å². The number of amides is 1. The maximum Gasteiger partial charge on any atom is 0.241 e. The highest BCUT2D eigenvalue weighted by Gasteiger charge is 2.29. The van der Waals surface area contributed by atoms with Crippen LogP contribution in [0.4, 0.5) is 5.69 Å². The molecule has 0 saturated carbocycles. The zero-order valence-electron chi connectivity index (χ0n) is 16.2. The van der Waals surface area contributed by atoms with Gasteiger partial charge in [-0.25, -0.2) is 4.98 Å². The largest absolute Gasteiger partial charge is 0.440 e. The van der Waals surface area contributed by atoms with Crippen LogP contribution < -0.4 is 5.32 Å². The highest BCUT2D eigenvalue weighted by Crippen LogP contribution is 2.31. The average Bonchev–Trinajstić information content (AvgIpc) is 3.18. The first-order chi connectivity index (χ1) is 13.7. The van der Waals surface area contributed by atoms with E-state index in [0.717, 1.165) is 53.5 Å². The highest BCUT2D eigenvalue weighted by atomic mass is 32.2. The number of thioether (sulfide) groups is 1. The number of carbonyl (C=O) groups is 1. The SMILES string of the molecule is CSc1ccccc1NC(=O)[C@@H](C)N1CCC(c2nc3ccccc3o2)CC1. The first-order valence-corrected chi connectivity index (χ1v) is 10.9. The molecule has 146 valence electrons. The Labute approximate surface area is 169 Å². The van der Waals surface area contributed by atoms with Gasteiger partial charge in [0.2, 0.25) is 5.91 Å². The van der Waals surface area contributed by atoms with Crippen LogP contribution in [0, 0.1) is 0 Å². The lowest BCUT2D eigenvalue weighted by Gasteiger charge is -2.34. The van der Waals surface area contributed by atoms with Crippen molar-refractivity contribution in [1.82, 2.24) is 9.88 Å². The standard InChI is InChI=1S/C22H25N3O2S/c1-15(21(26)23-18-8-4-6-10-20(18)28-2)25-13-11-16(12-14-25)22-24-17-7-3-5-9-19(17)27-22/h3-10,15-16H,11-14H2,1-2H3,(H,23,26)/t15-/m1/s1. The molecule has 1 amide bonds. The number of nitrogens with zero attached hydrogens (tertiary/aromatic N) is 2. The number of oxazole rings is 1. The minimum Gasteiger partial charge on any atom is -0.440 e. The second-order valence-corrected chi connectivity index (χ2v) is 8.04. The quantitative estimate of drug-likeness (QED) is 0.632. The lowest BCUT2D eigenvalue weighted by Crippen LogP contribution is -2.45. The molecule has 1 fully saturated rings. The monoisotopic (exact) mass is 395 g/mol. The summed E-state index contributed by atoms with van der Waals surface area (Å²) in [4.78, 5) is 20.7. The van der Waals surface area contributed by atoms with Crippen molar-refractivity contribution < 1.29 is 9.21 Å². The first-order valence-electron chi connectivity index (χ1n) is 9.69. The number of nitrogens with one attached hydrogen (secondary N) is 1. The van der Waals surface area contributed by atoms with Gasteiger partial charge in [-0.3, -0.25) is 9.69 Å². The van der Waals surface area contributed by atoms with E-state index in [0.29, 0.717) is 5.92 Å². The highest BCUT2D eigenvalue weighted by molar-refractivity contribution is 7.98. The number of para-hydroxylation sites is 3. The van der Waals surface area contributed by atoms with Crippen molar-refractivity contribution in [1.29, 1.82) is 0 Å². The summed E-state index contributed by atoms with van der Waals surface area (Å²) in [7, 11) is 0. The van der Waals surface area contributed by atoms with Gasteiger partial charge in [0.05, 0.1) is 11.7 Å². The molecule has 2 heterocycles. The molecule has 1 aromatic heterocycles. The van der Waals surface area contributed by atoms with Gasteiger partial charge in [0.1, 0.15) is 5.52 Å². The van der Waals surface area contributed by atoms with E-state index in [1.807, 2.05) is 61.7 Å². The lowest BCUT2D eigenvalue weighted by atomic mass is 9.95. The second-order valence-electron chi connectivity index (χ2n) is 7.20. The number of aromatic nitrogens is 1. The Morgan fingerprint density at radius 3 is 2.64 bits per heavy atom. The van der Waals surface area contributed by atoms with E-state index in [4.69, 9.17) is 4.42 Å². The number of piperidine rings is 1. The molecule has 0 spiro atoms. The minimum atomic E-state index is -0.167. The van der Waals surface area contributed by atoms with E-state index in [9.17, 15) is 4.79 Å². The maximum atomic E-state index is 12.8. The second kappa shape index (κ2) is 8.37. The number of rotatable bonds is 5. The van der Waals surface area contributed by atoms with Crippen LogP contribution in [0.15, 0.2) is 57.8 Å². The predicted molar refractivity (Wildman–Crippen MR) is 114 cm³/mol. The summed E-state index contributed by atoms with van der Waals surface area (Å²) in [5.74, 6) is 1.18. The summed E-state index contributed by atoms with van der Waals surface area (Å²) in [5.41, 5.74) is 2.65. The predicted octanol–water partition coefficient (Wildman–Crippen LogP) is 4.76. The van der Waals surface area contributed by atoms with Crippen LogP contribution in [0.1, 0.15) is 31.6 Å². The molecule has 1 N–H and O–H groups in total. The summed E-state index contributed by atoms with van der Waals surface area (Å²) >= 11 is 1.64. The van der Waals surface area contributed by atoms with E-state index in [1.54, 1.807) is 11.8 Å². The molecular weight excluding hydrogens is 370 g/mol. The van der Waals surface area contributed by atoms with Crippen LogP contribution in [0.25, 0.3) is 11.1 Å². The summed E-state index contributed by atoms with van der Waals surface area (Å²) in [6.07, 6.45) is 3.92. The zero-order valence-corrected chi connectivity index (χ0v) is 17.0. The van der Waals surface area contributed by atoms with Crippen LogP contribution >= 0.6 is 11.8 Å². The normalized spacial score (nSPS) is 16.9. The third-order valence-electron chi connectivity index (χ3n) is 5.48. The van der Waals surface area contributed by atoms with Gasteiger partial charge in [0, 0.05) is 10.8 Å². The Hall–Kier alpha value is -2.31. The molecule has 0 radical (unpaired) electrons. The molecule has 1 saturated heterocycles. The van der Waals surface area contributed by atoms with Crippen LogP contribution in [0.2, 0.25) is 0 Å². The summed E-state index contributed by atoms with van der Waals surface area (Å²) in [5, 5.41) is 3.09. The Morgan fingerprint density at radius 2 is 1.89 bits per heavy atom. The Morgan fingerprint density at radius 1 is 1.18 bits per heavy atom. The van der Waals surface area contributed by atoms with Crippen LogP contribution in [0.5, 0.6) is 0 Å². The van der Waals surface area contributed by atoms with E-state index in [-0.39, 0.29) is 11.9 Å². The van der Waals surface area contributed by atoms with Gasteiger partial charge in [-0.05, 0) is 63.4 Å². The van der Waals surface area contributed by atoms with Gasteiger partial charge in [0.15, 0.2) is 11.5 Å². The van der Waals surface area contributed by atoms with Crippen molar-refractivity contribution >= 4 is 34.5 Å². The van der Waals surface area contributed by atoms with Gasteiger partial charge in [0.25, 0.3) is 0 Å². The third-order valence-corrected chi connectivity index (χ3v) is 6.28. The molecule has 5 nitrogen and oxygen atoms in total. The van der Waals surface area contributed by atoms with Crippen molar-refractivity contribution in [2.45, 2.75) is 36.6 Å². The summed E-state index contributed by atoms with van der Waals surface area (Å²) in [6.45, 7) is 3.71. The molecule has 28 heavy (non-hydrogen) atoms. The number of carbonyl (C=O) groups excluding carboxylic acids is 1. The van der Waals surface area contributed by atoms with Crippen LogP contribution in [-0.4, -0.2) is 41.2 Å². The Kier molecular flexibility index (Phi) is 5.69. The van der Waals surface area contributed by atoms with E-state index in [1.165, 1.54) is 0 Å². The lowest BCUT2D eigenvalue weighted by molar-refractivity contribution is -0.121. The Balaban J connectivity index is 1.36. The molecule has 0 unspecified atom stereocenters. The molecule has 0 aliphatic carbocycles. The third kappa shape index (κ3) is 3.93. The molecule has 0 bridgehead atoms. The van der Waals surface area contributed by atoms with Gasteiger partial charge in [-0.1, -0.05) is 24.3 Å². The number of likely N-dealkylation sites (tertiary alicyclic amines) is 1. The summed E-state index contributed by atoms with van der Waals surface area (Å²) < 4.78 is 5.94. The molecule has 3 aromatic rings. The molecular formula is C22H25N3O2S. The maximum absolute atomic E-state index is 12.8. The van der Waals surface area contributed by atoms with E-state index >= 15 is 0 Å². The molecule has 1 atom stereocenters. The van der Waals surface area contributed by atoms with E-state index in [2.05, 4.69) is 15.2 Å². The first kappa shape index (κ1) is 19.0. The fourth-order valence-electron chi connectivity index (χ4n) is 3.75. The number of hydrogen-bond donors (Lipinski definition) is 1. The summed E-state index contributed by atoms with van der Waals surface area (Å²) in [6, 6.07) is 15.6. The zero-order chi connectivity index (χ0) is 19.5. The van der Waals surface area contributed by atoms with Gasteiger partial charge < -0.3 is 9.73 Å². The number of benzene rings is 2. The van der Waals surface area contributed by atoms with Crippen molar-refractivity contribution in [2.24, 2.45) is 0 Å². The van der Waals surface area contributed by atoms with Gasteiger partial charge in [-0.15, -0.1) is 11.8 Å². The number of anilines is 1. The smallest absolute Gasteiger partial charge is 0.241 e. The van der Waals surface area contributed by atoms with Crippen LogP contribution in [0.3, 0.4) is 0 Å². The molecule has 1 aliphatic heterocycles. The van der Waals surface area contributed by atoms with Crippen LogP contribution in [-0.2, 0) is 4.79 Å². The molecule has 2 aromatic carbocycles. The van der Waals surface area contributed by atoms with Crippen molar-refractivity contribution in [3.8, 4) is 0 Å². The molecule has 6 heteroatoms. The Bertz CT molecular complexity index is 930. The number of hydrogen-bond acceptors (Lipinski definition) is 5. The fraction of sp³-hybridized carbons (Fsp3) is 0.364. The molecule has 4 rings (SSSR count). The van der Waals surface area contributed by atoms with Crippen molar-refractivity contribution in [3.05, 3.63) is 54.4 Å². The van der Waals surface area contributed by atoms with Crippen molar-refractivity contribution in [3.63, 3.8) is 0 Å². The average molecular weight is 396 g/mol. The van der Waals surface area contributed by atoms with E-state index < -0.39 is 0 Å². The molecule has 1 aliphatic rings. The number of fused-ring (bicyclic) bond motifs is 1. The van der Waals surface area contributed by atoms with Gasteiger partial charge >= 0.3 is 0 Å². The van der Waals surface area contributed by atoms with Gasteiger partial charge in [-0.2, -0.15) is 0 Å². The fourth-order valence-corrected chi connectivity index (χ4v) is 4.30. The topological polar surface area (TPSA) is 58.4 Å².